The van der Waals surface area contributed by atoms with Crippen molar-refractivity contribution in [2.75, 3.05) is 13.7 Å². The van der Waals surface area contributed by atoms with Crippen LogP contribution in [0.25, 0.3) is 0 Å². The molecule has 0 aliphatic heterocycles. The highest BCUT2D eigenvalue weighted by atomic mass is 16.5. The summed E-state index contributed by atoms with van der Waals surface area (Å²) in [7, 11) is 1.92. The molecule has 3 atom stereocenters. The third kappa shape index (κ3) is 3.51. The first-order chi connectivity index (χ1) is 8.13. The van der Waals surface area contributed by atoms with Gasteiger partial charge in [-0.2, -0.15) is 4.98 Å². The molecule has 0 amide bonds. The Labute approximate surface area is 103 Å². The summed E-state index contributed by atoms with van der Waals surface area (Å²) in [5, 5.41) is 7.19. The van der Waals surface area contributed by atoms with Gasteiger partial charge in [0.2, 0.25) is 11.7 Å². The number of hydrogen-bond acceptors (Lipinski definition) is 5. The van der Waals surface area contributed by atoms with Crippen molar-refractivity contribution in [3.8, 4) is 0 Å². The van der Waals surface area contributed by atoms with E-state index in [1.807, 2.05) is 14.0 Å². The molecule has 1 N–H and O–H groups in total. The van der Waals surface area contributed by atoms with Gasteiger partial charge >= 0.3 is 0 Å². The molecule has 1 heterocycles. The van der Waals surface area contributed by atoms with Crippen molar-refractivity contribution in [1.29, 1.82) is 0 Å². The Bertz CT molecular complexity index is 311. The third-order valence-electron chi connectivity index (χ3n) is 3.08. The number of ether oxygens (including phenoxy) is 1. The zero-order valence-corrected chi connectivity index (χ0v) is 11.4. The fraction of sp³-hybridized carbons (Fsp3) is 0.833. The molecule has 1 rings (SSSR count). The van der Waals surface area contributed by atoms with Crippen LogP contribution in [0.1, 0.15) is 57.9 Å². The average molecular weight is 241 g/mol. The van der Waals surface area contributed by atoms with Crippen molar-refractivity contribution in [3.63, 3.8) is 0 Å². The molecular weight excluding hydrogens is 218 g/mol. The Morgan fingerprint density at radius 2 is 2.06 bits per heavy atom. The molecule has 0 aliphatic carbocycles. The van der Waals surface area contributed by atoms with Gasteiger partial charge in [0, 0.05) is 12.6 Å². The SMILES string of the molecule is CCOC(CC)c1noc(C(C)C(C)NC)n1. The van der Waals surface area contributed by atoms with Crippen LogP contribution in [0.2, 0.25) is 0 Å². The summed E-state index contributed by atoms with van der Waals surface area (Å²) in [5.74, 6) is 1.51. The first-order valence-corrected chi connectivity index (χ1v) is 6.26. The lowest BCUT2D eigenvalue weighted by molar-refractivity contribution is 0.0518. The van der Waals surface area contributed by atoms with Crippen LogP contribution in [0.15, 0.2) is 4.52 Å². The Morgan fingerprint density at radius 1 is 1.35 bits per heavy atom. The van der Waals surface area contributed by atoms with Gasteiger partial charge in [-0.15, -0.1) is 0 Å². The van der Waals surface area contributed by atoms with Crippen molar-refractivity contribution in [3.05, 3.63) is 11.7 Å². The van der Waals surface area contributed by atoms with Gasteiger partial charge in [-0.25, -0.2) is 0 Å². The van der Waals surface area contributed by atoms with Gasteiger partial charge in [0.15, 0.2) is 0 Å². The molecule has 3 unspecified atom stereocenters. The van der Waals surface area contributed by atoms with Crippen LogP contribution in [-0.4, -0.2) is 29.8 Å². The quantitative estimate of drug-likeness (QED) is 0.793. The van der Waals surface area contributed by atoms with Gasteiger partial charge in [-0.1, -0.05) is 19.0 Å². The third-order valence-corrected chi connectivity index (χ3v) is 3.08. The molecule has 17 heavy (non-hydrogen) atoms. The molecule has 0 bridgehead atoms. The van der Waals surface area contributed by atoms with E-state index in [1.54, 1.807) is 0 Å². The van der Waals surface area contributed by atoms with Crippen molar-refractivity contribution in [2.45, 2.75) is 52.2 Å². The van der Waals surface area contributed by atoms with E-state index in [9.17, 15) is 0 Å². The number of nitrogens with one attached hydrogen (secondary N) is 1. The molecule has 5 heteroatoms. The number of hydrogen-bond donors (Lipinski definition) is 1. The summed E-state index contributed by atoms with van der Waals surface area (Å²) in [4.78, 5) is 4.43. The highest BCUT2D eigenvalue weighted by Gasteiger charge is 2.22. The van der Waals surface area contributed by atoms with E-state index in [2.05, 4.69) is 36.2 Å². The van der Waals surface area contributed by atoms with Crippen molar-refractivity contribution < 1.29 is 9.26 Å². The minimum Gasteiger partial charge on any atom is -0.370 e. The van der Waals surface area contributed by atoms with Crippen LogP contribution in [-0.2, 0) is 4.74 Å². The highest BCUT2D eigenvalue weighted by molar-refractivity contribution is 4.98. The number of rotatable bonds is 7. The van der Waals surface area contributed by atoms with Crippen LogP contribution in [0.4, 0.5) is 0 Å². The smallest absolute Gasteiger partial charge is 0.231 e. The topological polar surface area (TPSA) is 60.2 Å². The Balaban J connectivity index is 2.76. The summed E-state index contributed by atoms with van der Waals surface area (Å²) < 4.78 is 10.9. The normalized spacial score (nSPS) is 16.8. The summed E-state index contributed by atoms with van der Waals surface area (Å²) in [6, 6.07) is 0.301. The number of likely N-dealkylation sites (N-methyl/N-ethyl adjacent to an activating group) is 1. The Hall–Kier alpha value is -0.940. The Morgan fingerprint density at radius 3 is 2.59 bits per heavy atom. The summed E-state index contributed by atoms with van der Waals surface area (Å²) >= 11 is 0. The standard InChI is InChI=1S/C12H23N3O2/c1-6-10(16-7-2)11-14-12(17-15-11)8(3)9(4)13-5/h8-10,13H,6-7H2,1-5H3. The molecule has 0 saturated heterocycles. The minimum atomic E-state index is -0.0606. The van der Waals surface area contributed by atoms with Crippen molar-refractivity contribution >= 4 is 0 Å². The van der Waals surface area contributed by atoms with E-state index in [0.717, 1.165) is 6.42 Å². The van der Waals surface area contributed by atoms with E-state index >= 15 is 0 Å². The largest absolute Gasteiger partial charge is 0.370 e. The lowest BCUT2D eigenvalue weighted by Crippen LogP contribution is -2.27. The average Bonchev–Trinajstić information content (AvgIpc) is 2.83. The highest BCUT2D eigenvalue weighted by Crippen LogP contribution is 2.22. The Kier molecular flexibility index (Phi) is 5.58. The van der Waals surface area contributed by atoms with E-state index < -0.39 is 0 Å². The number of aromatic nitrogens is 2. The predicted molar refractivity (Wildman–Crippen MR) is 65.9 cm³/mol. The van der Waals surface area contributed by atoms with Gasteiger partial charge in [-0.3, -0.25) is 0 Å². The van der Waals surface area contributed by atoms with E-state index in [1.165, 1.54) is 0 Å². The van der Waals surface area contributed by atoms with Crippen molar-refractivity contribution in [1.82, 2.24) is 15.5 Å². The van der Waals surface area contributed by atoms with Gasteiger partial charge in [0.05, 0.1) is 5.92 Å². The zero-order valence-electron chi connectivity index (χ0n) is 11.4. The predicted octanol–water partition coefficient (Wildman–Crippen LogP) is 2.27. The summed E-state index contributed by atoms with van der Waals surface area (Å²) in [6.45, 7) is 8.84. The second-order valence-electron chi connectivity index (χ2n) is 4.21. The maximum Gasteiger partial charge on any atom is 0.231 e. The summed E-state index contributed by atoms with van der Waals surface area (Å²) in [6.07, 6.45) is 0.789. The molecule has 0 saturated carbocycles. The van der Waals surface area contributed by atoms with Crippen LogP contribution in [0.3, 0.4) is 0 Å². The zero-order chi connectivity index (χ0) is 12.8. The monoisotopic (exact) mass is 241 g/mol. The fourth-order valence-electron chi connectivity index (χ4n) is 1.60. The molecule has 1 aromatic heterocycles. The maximum absolute atomic E-state index is 5.56. The van der Waals surface area contributed by atoms with E-state index in [4.69, 9.17) is 9.26 Å². The van der Waals surface area contributed by atoms with Crippen LogP contribution >= 0.6 is 0 Å². The molecule has 0 aliphatic rings. The second kappa shape index (κ2) is 6.71. The molecular formula is C12H23N3O2. The molecule has 1 aromatic rings. The number of nitrogens with zero attached hydrogens (tertiary/aromatic N) is 2. The second-order valence-corrected chi connectivity index (χ2v) is 4.21. The maximum atomic E-state index is 5.56. The van der Waals surface area contributed by atoms with Crippen LogP contribution < -0.4 is 5.32 Å². The molecule has 98 valence electrons. The lowest BCUT2D eigenvalue weighted by atomic mass is 10.0. The molecule has 0 radical (unpaired) electrons. The van der Waals surface area contributed by atoms with Gasteiger partial charge in [0.25, 0.3) is 0 Å². The fourth-order valence-corrected chi connectivity index (χ4v) is 1.60. The van der Waals surface area contributed by atoms with Crippen molar-refractivity contribution in [2.24, 2.45) is 0 Å². The van der Waals surface area contributed by atoms with Gasteiger partial charge in [0.1, 0.15) is 6.10 Å². The minimum absolute atomic E-state index is 0.0606. The van der Waals surface area contributed by atoms with Gasteiger partial charge < -0.3 is 14.6 Å². The van der Waals surface area contributed by atoms with Crippen LogP contribution in [0, 0.1) is 0 Å². The summed E-state index contributed by atoms with van der Waals surface area (Å²) in [5.41, 5.74) is 0. The molecule has 0 spiro atoms. The van der Waals surface area contributed by atoms with E-state index in [-0.39, 0.29) is 12.0 Å². The molecule has 5 nitrogen and oxygen atoms in total. The lowest BCUT2D eigenvalue weighted by Gasteiger charge is -2.14. The van der Waals surface area contributed by atoms with E-state index in [0.29, 0.717) is 24.4 Å². The molecule has 0 fully saturated rings. The van der Waals surface area contributed by atoms with Gasteiger partial charge in [-0.05, 0) is 27.3 Å². The van der Waals surface area contributed by atoms with Crippen LogP contribution in [0.5, 0.6) is 0 Å². The first kappa shape index (κ1) is 14.1. The molecule has 0 aromatic carbocycles. The first-order valence-electron chi connectivity index (χ1n) is 6.26.